The standard InChI is InChI=1S/C13H18FN/c1-3-15-9-5-8-13(15,2)11-6-4-7-12(14)10-11/h4,6-7,10H,3,5,8-9H2,1-2H3. The summed E-state index contributed by atoms with van der Waals surface area (Å²) in [6.07, 6.45) is 2.34. The predicted molar refractivity (Wildman–Crippen MR) is 60.2 cm³/mol. The molecule has 1 saturated heterocycles. The first-order chi connectivity index (χ1) is 7.16. The Morgan fingerprint density at radius 3 is 2.93 bits per heavy atom. The summed E-state index contributed by atoms with van der Waals surface area (Å²) >= 11 is 0. The zero-order valence-corrected chi connectivity index (χ0v) is 9.46. The maximum absolute atomic E-state index is 13.2. The van der Waals surface area contributed by atoms with E-state index in [4.69, 9.17) is 0 Å². The lowest BCUT2D eigenvalue weighted by Crippen LogP contribution is -2.38. The molecule has 1 heterocycles. The molecule has 0 N–H and O–H groups in total. The van der Waals surface area contributed by atoms with Crippen molar-refractivity contribution < 1.29 is 4.39 Å². The van der Waals surface area contributed by atoms with Crippen molar-refractivity contribution in [1.82, 2.24) is 4.90 Å². The molecule has 1 aliphatic heterocycles. The van der Waals surface area contributed by atoms with Crippen molar-refractivity contribution in [3.05, 3.63) is 35.6 Å². The summed E-state index contributed by atoms with van der Waals surface area (Å²) in [7, 11) is 0. The normalized spacial score (nSPS) is 27.1. The van der Waals surface area contributed by atoms with Gasteiger partial charge in [-0.15, -0.1) is 0 Å². The molecule has 1 atom stereocenters. The number of nitrogens with zero attached hydrogens (tertiary/aromatic N) is 1. The van der Waals surface area contributed by atoms with Gasteiger partial charge in [0, 0.05) is 5.54 Å². The molecule has 0 aromatic heterocycles. The fourth-order valence-corrected chi connectivity index (χ4v) is 2.68. The van der Waals surface area contributed by atoms with Gasteiger partial charge in [-0.05, 0) is 50.6 Å². The largest absolute Gasteiger partial charge is 0.294 e. The van der Waals surface area contributed by atoms with Gasteiger partial charge in [0.2, 0.25) is 0 Å². The molecule has 2 rings (SSSR count). The van der Waals surface area contributed by atoms with Gasteiger partial charge >= 0.3 is 0 Å². The molecular formula is C13H18FN. The van der Waals surface area contributed by atoms with Crippen molar-refractivity contribution in [3.8, 4) is 0 Å². The van der Waals surface area contributed by atoms with Gasteiger partial charge in [-0.3, -0.25) is 4.90 Å². The number of halogens is 1. The average Bonchev–Trinajstić information content (AvgIpc) is 2.61. The Labute approximate surface area is 90.9 Å². The van der Waals surface area contributed by atoms with Gasteiger partial charge in [0.05, 0.1) is 0 Å². The van der Waals surface area contributed by atoms with E-state index >= 15 is 0 Å². The van der Waals surface area contributed by atoms with E-state index in [-0.39, 0.29) is 11.4 Å². The molecule has 0 aliphatic carbocycles. The Hall–Kier alpha value is -0.890. The Kier molecular flexibility index (Phi) is 2.79. The van der Waals surface area contributed by atoms with Crippen molar-refractivity contribution in [2.75, 3.05) is 13.1 Å². The summed E-state index contributed by atoms with van der Waals surface area (Å²) in [6, 6.07) is 7.03. The van der Waals surface area contributed by atoms with E-state index in [2.05, 4.69) is 18.7 Å². The van der Waals surface area contributed by atoms with Crippen LogP contribution in [0, 0.1) is 5.82 Å². The zero-order valence-electron chi connectivity index (χ0n) is 9.46. The van der Waals surface area contributed by atoms with Crippen LogP contribution in [0.1, 0.15) is 32.3 Å². The molecule has 1 aliphatic rings. The molecule has 0 spiro atoms. The minimum Gasteiger partial charge on any atom is -0.294 e. The molecule has 2 heteroatoms. The predicted octanol–water partition coefficient (Wildman–Crippen LogP) is 3.16. The van der Waals surface area contributed by atoms with E-state index < -0.39 is 0 Å². The number of rotatable bonds is 2. The van der Waals surface area contributed by atoms with Crippen molar-refractivity contribution in [1.29, 1.82) is 0 Å². The van der Waals surface area contributed by atoms with Gasteiger partial charge < -0.3 is 0 Å². The lowest BCUT2D eigenvalue weighted by Gasteiger charge is -2.35. The molecule has 1 aromatic carbocycles. The summed E-state index contributed by atoms with van der Waals surface area (Å²) in [5.74, 6) is -0.128. The molecular weight excluding hydrogens is 189 g/mol. The minimum atomic E-state index is -0.128. The van der Waals surface area contributed by atoms with Crippen molar-refractivity contribution in [2.45, 2.75) is 32.2 Å². The molecule has 0 saturated carbocycles. The van der Waals surface area contributed by atoms with Crippen LogP contribution in [0.25, 0.3) is 0 Å². The zero-order chi connectivity index (χ0) is 10.9. The first-order valence-electron chi connectivity index (χ1n) is 5.68. The van der Waals surface area contributed by atoms with E-state index in [1.54, 1.807) is 6.07 Å². The highest BCUT2D eigenvalue weighted by Crippen LogP contribution is 2.38. The highest BCUT2D eigenvalue weighted by atomic mass is 19.1. The Morgan fingerprint density at radius 1 is 1.47 bits per heavy atom. The van der Waals surface area contributed by atoms with Crippen LogP contribution >= 0.6 is 0 Å². The highest BCUT2D eigenvalue weighted by molar-refractivity contribution is 5.25. The van der Waals surface area contributed by atoms with Crippen LogP contribution in [-0.4, -0.2) is 18.0 Å². The van der Waals surface area contributed by atoms with Gasteiger partial charge in [-0.2, -0.15) is 0 Å². The monoisotopic (exact) mass is 207 g/mol. The van der Waals surface area contributed by atoms with E-state index in [0.717, 1.165) is 25.1 Å². The molecule has 1 fully saturated rings. The van der Waals surface area contributed by atoms with Crippen LogP contribution < -0.4 is 0 Å². The second-order valence-corrected chi connectivity index (χ2v) is 4.47. The second-order valence-electron chi connectivity index (χ2n) is 4.47. The van der Waals surface area contributed by atoms with E-state index in [9.17, 15) is 4.39 Å². The summed E-state index contributed by atoms with van der Waals surface area (Å²) in [5, 5.41) is 0. The fourth-order valence-electron chi connectivity index (χ4n) is 2.68. The molecule has 0 radical (unpaired) electrons. The van der Waals surface area contributed by atoms with Gasteiger partial charge in [0.25, 0.3) is 0 Å². The highest BCUT2D eigenvalue weighted by Gasteiger charge is 2.36. The SMILES string of the molecule is CCN1CCCC1(C)c1cccc(F)c1. The first-order valence-corrected chi connectivity index (χ1v) is 5.68. The Balaban J connectivity index is 2.36. The van der Waals surface area contributed by atoms with Gasteiger partial charge in [-0.1, -0.05) is 19.1 Å². The van der Waals surface area contributed by atoms with Gasteiger partial charge in [0.1, 0.15) is 5.82 Å². The third-order valence-corrected chi connectivity index (χ3v) is 3.62. The summed E-state index contributed by atoms with van der Waals surface area (Å²) < 4.78 is 13.2. The fraction of sp³-hybridized carbons (Fsp3) is 0.538. The first kappa shape index (κ1) is 10.6. The molecule has 1 nitrogen and oxygen atoms in total. The average molecular weight is 207 g/mol. The van der Waals surface area contributed by atoms with Crippen LogP contribution in [0.3, 0.4) is 0 Å². The molecule has 1 aromatic rings. The number of hydrogen-bond acceptors (Lipinski definition) is 1. The molecule has 1 unspecified atom stereocenters. The van der Waals surface area contributed by atoms with Gasteiger partial charge in [0.15, 0.2) is 0 Å². The number of benzene rings is 1. The topological polar surface area (TPSA) is 3.24 Å². The smallest absolute Gasteiger partial charge is 0.123 e. The maximum Gasteiger partial charge on any atom is 0.123 e. The van der Waals surface area contributed by atoms with Crippen LogP contribution in [0.5, 0.6) is 0 Å². The van der Waals surface area contributed by atoms with E-state index in [0.29, 0.717) is 0 Å². The Bertz CT molecular complexity index is 350. The van der Waals surface area contributed by atoms with Crippen LogP contribution in [-0.2, 0) is 5.54 Å². The van der Waals surface area contributed by atoms with Crippen molar-refractivity contribution >= 4 is 0 Å². The number of likely N-dealkylation sites (tertiary alicyclic amines) is 1. The van der Waals surface area contributed by atoms with Gasteiger partial charge in [-0.25, -0.2) is 4.39 Å². The molecule has 82 valence electrons. The molecule has 0 amide bonds. The summed E-state index contributed by atoms with van der Waals surface area (Å²) in [5.41, 5.74) is 1.15. The second kappa shape index (κ2) is 3.93. The third-order valence-electron chi connectivity index (χ3n) is 3.62. The third kappa shape index (κ3) is 1.78. The molecule has 0 bridgehead atoms. The van der Waals surface area contributed by atoms with Crippen LogP contribution in [0.4, 0.5) is 4.39 Å². The van der Waals surface area contributed by atoms with Crippen LogP contribution in [0.2, 0.25) is 0 Å². The van der Waals surface area contributed by atoms with E-state index in [1.165, 1.54) is 12.5 Å². The lowest BCUT2D eigenvalue weighted by molar-refractivity contribution is 0.165. The van der Waals surface area contributed by atoms with Crippen LogP contribution in [0.15, 0.2) is 24.3 Å². The van der Waals surface area contributed by atoms with Crippen molar-refractivity contribution in [3.63, 3.8) is 0 Å². The summed E-state index contributed by atoms with van der Waals surface area (Å²) in [4.78, 5) is 2.43. The van der Waals surface area contributed by atoms with Crippen molar-refractivity contribution in [2.24, 2.45) is 0 Å². The van der Waals surface area contributed by atoms with E-state index in [1.807, 2.05) is 12.1 Å². The Morgan fingerprint density at radius 2 is 2.27 bits per heavy atom. The lowest BCUT2D eigenvalue weighted by atomic mass is 9.89. The quantitative estimate of drug-likeness (QED) is 0.720. The molecule has 15 heavy (non-hydrogen) atoms. The number of hydrogen-bond donors (Lipinski definition) is 0. The minimum absolute atomic E-state index is 0.0385. The summed E-state index contributed by atoms with van der Waals surface area (Å²) in [6.45, 7) is 6.55. The maximum atomic E-state index is 13.2.